The van der Waals surface area contributed by atoms with E-state index in [4.69, 9.17) is 9.47 Å². The van der Waals surface area contributed by atoms with E-state index in [0.717, 1.165) is 25.7 Å². The first kappa shape index (κ1) is 27.0. The van der Waals surface area contributed by atoms with Gasteiger partial charge >= 0.3 is 0 Å². The SMILES string of the molecule is CCC[C@H](C(=O)NC1CCCC1)N(C(=O)Cn1nnc(-c2ccc(OC)c(OC)c2)n1)c1ccc(F)cc1. The Balaban J connectivity index is 1.59. The zero-order valence-electron chi connectivity index (χ0n) is 21.9. The van der Waals surface area contributed by atoms with Gasteiger partial charge in [-0.2, -0.15) is 4.80 Å². The van der Waals surface area contributed by atoms with Crippen LogP contribution in [0.4, 0.5) is 10.1 Å². The first-order chi connectivity index (χ1) is 18.4. The van der Waals surface area contributed by atoms with E-state index in [2.05, 4.69) is 20.7 Å². The van der Waals surface area contributed by atoms with E-state index >= 15 is 0 Å². The minimum absolute atomic E-state index is 0.105. The highest BCUT2D eigenvalue weighted by Crippen LogP contribution is 2.31. The highest BCUT2D eigenvalue weighted by Gasteiger charge is 2.32. The monoisotopic (exact) mass is 524 g/mol. The molecule has 0 unspecified atom stereocenters. The molecule has 0 bridgehead atoms. The van der Waals surface area contributed by atoms with Gasteiger partial charge in [0.2, 0.25) is 11.7 Å². The Morgan fingerprint density at radius 1 is 1.11 bits per heavy atom. The Bertz CT molecular complexity index is 1240. The molecule has 11 heteroatoms. The molecule has 0 saturated heterocycles. The molecule has 0 radical (unpaired) electrons. The van der Waals surface area contributed by atoms with E-state index in [1.54, 1.807) is 25.3 Å². The summed E-state index contributed by atoms with van der Waals surface area (Å²) in [6.45, 7) is 1.70. The first-order valence-corrected chi connectivity index (χ1v) is 12.8. The van der Waals surface area contributed by atoms with Gasteiger partial charge in [-0.25, -0.2) is 4.39 Å². The number of hydrogen-bond donors (Lipinski definition) is 1. The van der Waals surface area contributed by atoms with Gasteiger partial charge in [0.05, 0.1) is 14.2 Å². The summed E-state index contributed by atoms with van der Waals surface area (Å²) in [5.74, 6) is 0.321. The van der Waals surface area contributed by atoms with Gasteiger partial charge < -0.3 is 14.8 Å². The summed E-state index contributed by atoms with van der Waals surface area (Å²) in [4.78, 5) is 29.7. The number of methoxy groups -OCH3 is 2. The first-order valence-electron chi connectivity index (χ1n) is 12.8. The topological polar surface area (TPSA) is 111 Å². The highest BCUT2D eigenvalue weighted by molar-refractivity contribution is 6.00. The van der Waals surface area contributed by atoms with Crippen LogP contribution in [0.5, 0.6) is 11.5 Å². The van der Waals surface area contributed by atoms with Gasteiger partial charge in [-0.3, -0.25) is 14.5 Å². The number of aromatic nitrogens is 4. The van der Waals surface area contributed by atoms with Crippen LogP contribution >= 0.6 is 0 Å². The number of hydrogen-bond acceptors (Lipinski definition) is 7. The lowest BCUT2D eigenvalue weighted by molar-refractivity contribution is -0.127. The van der Waals surface area contributed by atoms with Crippen LogP contribution in [-0.4, -0.2) is 58.3 Å². The molecule has 1 aromatic heterocycles. The number of anilines is 1. The molecule has 1 N–H and O–H groups in total. The molecule has 10 nitrogen and oxygen atoms in total. The van der Waals surface area contributed by atoms with Gasteiger partial charge in [0.15, 0.2) is 11.5 Å². The Morgan fingerprint density at radius 2 is 1.82 bits per heavy atom. The highest BCUT2D eigenvalue weighted by atomic mass is 19.1. The van der Waals surface area contributed by atoms with Crippen LogP contribution in [0, 0.1) is 5.82 Å². The Labute approximate surface area is 221 Å². The molecule has 2 amide bonds. The van der Waals surface area contributed by atoms with Gasteiger partial charge in [0.25, 0.3) is 5.91 Å². The minimum Gasteiger partial charge on any atom is -0.493 e. The Morgan fingerprint density at radius 3 is 2.47 bits per heavy atom. The molecule has 1 atom stereocenters. The van der Waals surface area contributed by atoms with Gasteiger partial charge in [0, 0.05) is 17.3 Å². The zero-order valence-corrected chi connectivity index (χ0v) is 21.9. The molecule has 1 saturated carbocycles. The number of benzene rings is 2. The second kappa shape index (κ2) is 12.5. The van der Waals surface area contributed by atoms with Gasteiger partial charge in [-0.05, 0) is 66.9 Å². The Kier molecular flexibility index (Phi) is 8.88. The predicted octanol–water partition coefficient (Wildman–Crippen LogP) is 3.76. The van der Waals surface area contributed by atoms with Crippen LogP contribution in [0.15, 0.2) is 42.5 Å². The van der Waals surface area contributed by atoms with Crippen molar-refractivity contribution < 1.29 is 23.5 Å². The molecular weight excluding hydrogens is 491 g/mol. The van der Waals surface area contributed by atoms with E-state index in [-0.39, 0.29) is 18.5 Å². The van der Waals surface area contributed by atoms with E-state index in [1.807, 2.05) is 6.92 Å². The third kappa shape index (κ3) is 6.27. The van der Waals surface area contributed by atoms with Crippen molar-refractivity contribution in [3.05, 3.63) is 48.3 Å². The van der Waals surface area contributed by atoms with Crippen molar-refractivity contribution in [2.45, 2.75) is 64.1 Å². The van der Waals surface area contributed by atoms with Crippen LogP contribution in [0.2, 0.25) is 0 Å². The number of carbonyl (C=O) groups is 2. The fourth-order valence-corrected chi connectivity index (χ4v) is 4.72. The summed E-state index contributed by atoms with van der Waals surface area (Å²) >= 11 is 0. The molecule has 0 spiro atoms. The zero-order chi connectivity index (χ0) is 27.1. The van der Waals surface area contributed by atoms with E-state index < -0.39 is 17.8 Å². The number of carbonyl (C=O) groups excluding carboxylic acids is 2. The molecule has 0 aliphatic heterocycles. The summed E-state index contributed by atoms with van der Waals surface area (Å²) in [5, 5.41) is 15.6. The van der Waals surface area contributed by atoms with Crippen LogP contribution in [0.1, 0.15) is 45.4 Å². The number of halogens is 1. The van der Waals surface area contributed by atoms with Crippen LogP contribution < -0.4 is 19.7 Å². The molecule has 4 rings (SSSR count). The van der Waals surface area contributed by atoms with Crippen LogP contribution in [-0.2, 0) is 16.1 Å². The number of tetrazole rings is 1. The number of ether oxygens (including phenoxy) is 2. The van der Waals surface area contributed by atoms with Crippen LogP contribution in [0.25, 0.3) is 11.4 Å². The minimum atomic E-state index is -0.757. The van der Waals surface area contributed by atoms with Crippen molar-refractivity contribution >= 4 is 17.5 Å². The summed E-state index contributed by atoms with van der Waals surface area (Å²) in [7, 11) is 3.08. The maximum Gasteiger partial charge on any atom is 0.251 e. The largest absolute Gasteiger partial charge is 0.493 e. The molecule has 202 valence electrons. The lowest BCUT2D eigenvalue weighted by Gasteiger charge is -2.31. The smallest absolute Gasteiger partial charge is 0.251 e. The van der Waals surface area contributed by atoms with Gasteiger partial charge in [-0.15, -0.1) is 10.2 Å². The van der Waals surface area contributed by atoms with Crippen molar-refractivity contribution in [3.63, 3.8) is 0 Å². The fraction of sp³-hybridized carbons (Fsp3) is 0.444. The van der Waals surface area contributed by atoms with Crippen molar-refractivity contribution in [3.8, 4) is 22.9 Å². The second-order valence-electron chi connectivity index (χ2n) is 9.25. The maximum atomic E-state index is 13.7. The summed E-state index contributed by atoms with van der Waals surface area (Å²) in [6, 6.07) is 10.1. The molecule has 2 aromatic carbocycles. The molecule has 1 aliphatic carbocycles. The summed E-state index contributed by atoms with van der Waals surface area (Å²) < 4.78 is 24.3. The molecule has 1 fully saturated rings. The van der Waals surface area contributed by atoms with Gasteiger partial charge in [0.1, 0.15) is 18.4 Å². The third-order valence-electron chi connectivity index (χ3n) is 6.62. The van der Waals surface area contributed by atoms with Crippen molar-refractivity contribution in [2.24, 2.45) is 0 Å². The lowest BCUT2D eigenvalue weighted by Crippen LogP contribution is -2.52. The Hall–Kier alpha value is -4.02. The second-order valence-corrected chi connectivity index (χ2v) is 9.25. The van der Waals surface area contributed by atoms with Crippen LogP contribution in [0.3, 0.4) is 0 Å². The lowest BCUT2D eigenvalue weighted by atomic mass is 10.1. The van der Waals surface area contributed by atoms with E-state index in [1.165, 1.54) is 41.1 Å². The third-order valence-corrected chi connectivity index (χ3v) is 6.62. The quantitative estimate of drug-likeness (QED) is 0.407. The number of rotatable bonds is 11. The number of nitrogens with zero attached hydrogens (tertiary/aromatic N) is 5. The standard InChI is InChI=1S/C27H33FN6O4/c1-4-7-22(27(36)29-20-8-5-6-9-20)34(21-13-11-19(28)12-14-21)25(35)17-33-31-26(30-32-33)18-10-15-23(37-2)24(16-18)38-3/h10-16,20,22H,4-9,17H2,1-3H3,(H,29,36)/t22-/m1/s1. The molecule has 3 aromatic rings. The van der Waals surface area contributed by atoms with Crippen molar-refractivity contribution in [1.82, 2.24) is 25.5 Å². The molecule has 38 heavy (non-hydrogen) atoms. The molecular formula is C27H33FN6O4. The molecule has 1 heterocycles. The average Bonchev–Trinajstić information content (AvgIpc) is 3.61. The van der Waals surface area contributed by atoms with E-state index in [9.17, 15) is 14.0 Å². The summed E-state index contributed by atoms with van der Waals surface area (Å²) in [5.41, 5.74) is 1.06. The fourth-order valence-electron chi connectivity index (χ4n) is 4.72. The van der Waals surface area contributed by atoms with E-state index in [0.29, 0.717) is 41.4 Å². The number of nitrogens with one attached hydrogen (secondary N) is 1. The predicted molar refractivity (Wildman–Crippen MR) is 139 cm³/mol. The van der Waals surface area contributed by atoms with Crippen molar-refractivity contribution in [2.75, 3.05) is 19.1 Å². The average molecular weight is 525 g/mol. The molecule has 1 aliphatic rings. The normalized spacial score (nSPS) is 14.2. The number of amides is 2. The van der Waals surface area contributed by atoms with Gasteiger partial charge in [-0.1, -0.05) is 26.2 Å². The maximum absolute atomic E-state index is 13.7. The van der Waals surface area contributed by atoms with Crippen molar-refractivity contribution in [1.29, 1.82) is 0 Å². The summed E-state index contributed by atoms with van der Waals surface area (Å²) in [6.07, 6.45) is 5.13.